The van der Waals surface area contributed by atoms with Crippen molar-refractivity contribution in [2.75, 3.05) is 6.54 Å². The number of nitro groups is 1. The molecule has 2 atom stereocenters. The van der Waals surface area contributed by atoms with Crippen molar-refractivity contribution in [3.63, 3.8) is 0 Å². The second kappa shape index (κ2) is 7.04. The maximum atomic E-state index is 11.0. The molecule has 1 fully saturated rings. The molecule has 1 aromatic carbocycles. The van der Waals surface area contributed by atoms with Gasteiger partial charge in [0.05, 0.1) is 4.92 Å². The normalized spacial score (nSPS) is 22.7. The van der Waals surface area contributed by atoms with E-state index in [2.05, 4.69) is 12.2 Å². The number of nitro benzene ring substituents is 1. The third kappa shape index (κ3) is 4.18. The van der Waals surface area contributed by atoms with Gasteiger partial charge in [0, 0.05) is 23.2 Å². The van der Waals surface area contributed by atoms with Crippen molar-refractivity contribution in [2.24, 2.45) is 11.8 Å². The van der Waals surface area contributed by atoms with Crippen LogP contribution in [-0.4, -0.2) is 11.5 Å². The first-order valence-corrected chi connectivity index (χ1v) is 7.57. The Labute approximate surface area is 124 Å². The van der Waals surface area contributed by atoms with Gasteiger partial charge in [0.2, 0.25) is 0 Å². The first kappa shape index (κ1) is 15.3. The number of nitrogens with zero attached hydrogens (tertiary/aromatic N) is 1. The van der Waals surface area contributed by atoms with E-state index in [1.165, 1.54) is 31.7 Å². The molecule has 0 saturated heterocycles. The van der Waals surface area contributed by atoms with Crippen LogP contribution >= 0.6 is 11.6 Å². The minimum atomic E-state index is -0.351. The van der Waals surface area contributed by atoms with Gasteiger partial charge in [-0.15, -0.1) is 0 Å². The first-order chi connectivity index (χ1) is 9.56. The van der Waals surface area contributed by atoms with Crippen molar-refractivity contribution in [3.05, 3.63) is 38.9 Å². The fourth-order valence-electron chi connectivity index (χ4n) is 3.03. The topological polar surface area (TPSA) is 55.2 Å². The van der Waals surface area contributed by atoms with E-state index in [9.17, 15) is 10.1 Å². The van der Waals surface area contributed by atoms with Crippen molar-refractivity contribution >= 4 is 17.3 Å². The van der Waals surface area contributed by atoms with Gasteiger partial charge in [-0.2, -0.15) is 0 Å². The minimum Gasteiger partial charge on any atom is -0.312 e. The van der Waals surface area contributed by atoms with Crippen molar-refractivity contribution in [3.8, 4) is 0 Å². The van der Waals surface area contributed by atoms with Gasteiger partial charge in [0.25, 0.3) is 5.69 Å². The van der Waals surface area contributed by atoms with E-state index in [-0.39, 0.29) is 10.6 Å². The van der Waals surface area contributed by atoms with E-state index >= 15 is 0 Å². The second-order valence-electron chi connectivity index (χ2n) is 5.80. The van der Waals surface area contributed by atoms with Gasteiger partial charge >= 0.3 is 0 Å². The summed E-state index contributed by atoms with van der Waals surface area (Å²) >= 11 is 5.92. The summed E-state index contributed by atoms with van der Waals surface area (Å²) in [6.07, 6.45) is 5.14. The lowest BCUT2D eigenvalue weighted by Gasteiger charge is -2.26. The van der Waals surface area contributed by atoms with Crippen molar-refractivity contribution < 1.29 is 4.92 Å². The first-order valence-electron chi connectivity index (χ1n) is 7.20. The van der Waals surface area contributed by atoms with Crippen LogP contribution < -0.4 is 5.32 Å². The van der Waals surface area contributed by atoms with Gasteiger partial charge in [0.15, 0.2) is 0 Å². The van der Waals surface area contributed by atoms with Gasteiger partial charge in [-0.1, -0.05) is 31.4 Å². The number of rotatable bonds is 5. The summed E-state index contributed by atoms with van der Waals surface area (Å²) in [5, 5.41) is 14.9. The Morgan fingerprint density at radius 3 is 2.95 bits per heavy atom. The van der Waals surface area contributed by atoms with Crippen LogP contribution in [-0.2, 0) is 6.54 Å². The molecule has 1 saturated carbocycles. The smallest absolute Gasteiger partial charge is 0.273 e. The fourth-order valence-corrected chi connectivity index (χ4v) is 3.22. The van der Waals surface area contributed by atoms with E-state index in [1.54, 1.807) is 12.1 Å². The average Bonchev–Trinajstić information content (AvgIpc) is 2.38. The Morgan fingerprint density at radius 1 is 1.45 bits per heavy atom. The highest BCUT2D eigenvalue weighted by atomic mass is 35.5. The number of hydrogen-bond acceptors (Lipinski definition) is 3. The zero-order valence-corrected chi connectivity index (χ0v) is 12.5. The van der Waals surface area contributed by atoms with Crippen LogP contribution in [0.2, 0.25) is 5.02 Å². The van der Waals surface area contributed by atoms with Crippen LogP contribution in [0.15, 0.2) is 18.2 Å². The predicted molar refractivity (Wildman–Crippen MR) is 80.9 cm³/mol. The summed E-state index contributed by atoms with van der Waals surface area (Å²) in [5.41, 5.74) is 0.797. The monoisotopic (exact) mass is 296 g/mol. The Balaban J connectivity index is 1.90. The quantitative estimate of drug-likeness (QED) is 0.655. The molecule has 110 valence electrons. The largest absolute Gasteiger partial charge is 0.312 e. The lowest BCUT2D eigenvalue weighted by atomic mass is 9.82. The molecule has 5 heteroatoms. The Kier molecular flexibility index (Phi) is 5.38. The van der Waals surface area contributed by atoms with E-state index < -0.39 is 0 Å². The van der Waals surface area contributed by atoms with E-state index in [4.69, 9.17) is 11.6 Å². The number of benzene rings is 1. The van der Waals surface area contributed by atoms with Crippen LogP contribution in [0.1, 0.15) is 38.2 Å². The van der Waals surface area contributed by atoms with Gasteiger partial charge in [-0.25, -0.2) is 0 Å². The van der Waals surface area contributed by atoms with E-state index in [0.717, 1.165) is 12.5 Å². The molecule has 0 heterocycles. The molecule has 0 amide bonds. The SMILES string of the molecule is CC1CCCC(CNCc2cc(Cl)ccc2[N+](=O)[O-])C1. The highest BCUT2D eigenvalue weighted by molar-refractivity contribution is 6.30. The highest BCUT2D eigenvalue weighted by Gasteiger charge is 2.19. The molecule has 2 rings (SSSR count). The van der Waals surface area contributed by atoms with Crippen LogP contribution in [0.25, 0.3) is 0 Å². The van der Waals surface area contributed by atoms with Crippen molar-refractivity contribution in [2.45, 2.75) is 39.2 Å². The van der Waals surface area contributed by atoms with E-state index in [0.29, 0.717) is 23.0 Å². The molecule has 4 nitrogen and oxygen atoms in total. The van der Waals surface area contributed by atoms with Gasteiger partial charge < -0.3 is 5.32 Å². The van der Waals surface area contributed by atoms with Crippen LogP contribution in [0.4, 0.5) is 5.69 Å². The third-order valence-corrected chi connectivity index (χ3v) is 4.27. The summed E-state index contributed by atoms with van der Waals surface area (Å²) in [5.74, 6) is 1.49. The fraction of sp³-hybridized carbons (Fsp3) is 0.600. The number of nitrogens with one attached hydrogen (secondary N) is 1. The molecule has 0 aromatic heterocycles. The van der Waals surface area contributed by atoms with Gasteiger partial charge in [0.1, 0.15) is 0 Å². The summed E-state index contributed by atoms with van der Waals surface area (Å²) in [6.45, 7) is 3.73. The third-order valence-electron chi connectivity index (χ3n) is 4.03. The standard InChI is InChI=1S/C15H21ClN2O2/c1-11-3-2-4-12(7-11)9-17-10-13-8-14(16)5-6-15(13)18(19)20/h5-6,8,11-12,17H,2-4,7,9-10H2,1H3. The predicted octanol–water partition coefficient (Wildman–Crippen LogP) is 4.16. The molecule has 1 N–H and O–H groups in total. The molecular weight excluding hydrogens is 276 g/mol. The number of halogens is 1. The molecule has 0 bridgehead atoms. The Hall–Kier alpha value is -1.13. The number of hydrogen-bond donors (Lipinski definition) is 1. The lowest BCUT2D eigenvalue weighted by Crippen LogP contribution is -2.26. The summed E-state index contributed by atoms with van der Waals surface area (Å²) < 4.78 is 0. The van der Waals surface area contributed by atoms with Gasteiger partial charge in [-0.05, 0) is 43.4 Å². The molecule has 0 aliphatic heterocycles. The molecular formula is C15H21ClN2O2. The van der Waals surface area contributed by atoms with Crippen LogP contribution in [0.5, 0.6) is 0 Å². The second-order valence-corrected chi connectivity index (χ2v) is 6.24. The maximum absolute atomic E-state index is 11.0. The van der Waals surface area contributed by atoms with Crippen molar-refractivity contribution in [1.29, 1.82) is 0 Å². The summed E-state index contributed by atoms with van der Waals surface area (Å²) in [6, 6.07) is 4.71. The molecule has 20 heavy (non-hydrogen) atoms. The molecule has 0 spiro atoms. The minimum absolute atomic E-state index is 0.138. The summed E-state index contributed by atoms with van der Waals surface area (Å²) in [4.78, 5) is 10.6. The van der Waals surface area contributed by atoms with Crippen LogP contribution in [0, 0.1) is 22.0 Å². The van der Waals surface area contributed by atoms with Gasteiger partial charge in [-0.3, -0.25) is 10.1 Å². The van der Waals surface area contributed by atoms with Crippen molar-refractivity contribution in [1.82, 2.24) is 5.32 Å². The molecule has 2 unspecified atom stereocenters. The Bertz CT molecular complexity index is 479. The molecule has 0 radical (unpaired) electrons. The molecule has 1 aliphatic rings. The average molecular weight is 297 g/mol. The summed E-state index contributed by atoms with van der Waals surface area (Å²) in [7, 11) is 0. The zero-order valence-electron chi connectivity index (χ0n) is 11.8. The zero-order chi connectivity index (χ0) is 14.5. The Morgan fingerprint density at radius 2 is 2.25 bits per heavy atom. The molecule has 1 aliphatic carbocycles. The molecule has 1 aromatic rings. The maximum Gasteiger partial charge on any atom is 0.273 e. The highest BCUT2D eigenvalue weighted by Crippen LogP contribution is 2.28. The van der Waals surface area contributed by atoms with E-state index in [1.807, 2.05) is 0 Å². The van der Waals surface area contributed by atoms with Crippen LogP contribution in [0.3, 0.4) is 0 Å². The lowest BCUT2D eigenvalue weighted by molar-refractivity contribution is -0.385.